The summed E-state index contributed by atoms with van der Waals surface area (Å²) in [6, 6.07) is 10.1. The van der Waals surface area contributed by atoms with Gasteiger partial charge in [0.25, 0.3) is 0 Å². The lowest BCUT2D eigenvalue weighted by Gasteiger charge is -2.08. The molecule has 1 aliphatic carbocycles. The van der Waals surface area contributed by atoms with Crippen LogP contribution in [0.5, 0.6) is 0 Å². The lowest BCUT2D eigenvalue weighted by Crippen LogP contribution is -1.86. The molecule has 0 heterocycles. The van der Waals surface area contributed by atoms with Crippen LogP contribution in [0.4, 0.5) is 0 Å². The lowest BCUT2D eigenvalue weighted by molar-refractivity contribution is 1.27. The Morgan fingerprint density at radius 1 is 0.773 bits per heavy atom. The van der Waals surface area contributed by atoms with Gasteiger partial charge >= 0.3 is 0 Å². The average molecular weight is 333 g/mol. The largest absolute Gasteiger partial charge is 0.142 e. The SMILES string of the molecule is CC.CC.SC(=C(\S)c1ccccc1)/C1=C/C/C=C\C/C=C\1. The van der Waals surface area contributed by atoms with E-state index in [1.54, 1.807) is 0 Å². The molecule has 0 amide bonds. The van der Waals surface area contributed by atoms with Gasteiger partial charge in [0.15, 0.2) is 0 Å². The van der Waals surface area contributed by atoms with Gasteiger partial charge in [-0.1, -0.05) is 88.4 Å². The highest BCUT2D eigenvalue weighted by Crippen LogP contribution is 2.30. The van der Waals surface area contributed by atoms with Gasteiger partial charge in [-0.05, 0) is 24.0 Å². The number of hydrogen-bond donors (Lipinski definition) is 2. The van der Waals surface area contributed by atoms with Crippen LogP contribution < -0.4 is 0 Å². The van der Waals surface area contributed by atoms with Gasteiger partial charge in [-0.15, -0.1) is 25.3 Å². The van der Waals surface area contributed by atoms with E-state index in [0.29, 0.717) is 0 Å². The summed E-state index contributed by atoms with van der Waals surface area (Å²) in [6.07, 6.45) is 12.7. The second-order valence-electron chi connectivity index (χ2n) is 4.07. The fourth-order valence-electron chi connectivity index (χ4n) is 1.77. The maximum Gasteiger partial charge on any atom is 0.0252 e. The molecule has 1 aromatic carbocycles. The van der Waals surface area contributed by atoms with Crippen LogP contribution in [0.25, 0.3) is 4.91 Å². The fraction of sp³-hybridized carbons (Fsp3) is 0.300. The molecule has 0 saturated carbocycles. The molecule has 0 bridgehead atoms. The van der Waals surface area contributed by atoms with Gasteiger partial charge in [-0.25, -0.2) is 0 Å². The van der Waals surface area contributed by atoms with Crippen LogP contribution in [0.15, 0.2) is 71.2 Å². The van der Waals surface area contributed by atoms with Crippen molar-refractivity contribution in [2.75, 3.05) is 0 Å². The topological polar surface area (TPSA) is 0 Å². The van der Waals surface area contributed by atoms with Crippen LogP contribution in [0.2, 0.25) is 0 Å². The average Bonchev–Trinajstić information content (AvgIpc) is 2.58. The number of rotatable bonds is 2. The monoisotopic (exact) mass is 332 g/mol. The first kappa shape index (κ1) is 20.9. The summed E-state index contributed by atoms with van der Waals surface area (Å²) in [5, 5.41) is 0. The van der Waals surface area contributed by atoms with E-state index in [-0.39, 0.29) is 0 Å². The number of thiol groups is 2. The molecule has 1 aliphatic rings. The maximum absolute atomic E-state index is 4.62. The smallest absolute Gasteiger partial charge is 0.0252 e. The van der Waals surface area contributed by atoms with Gasteiger partial charge in [-0.2, -0.15) is 0 Å². The summed E-state index contributed by atoms with van der Waals surface area (Å²) in [4.78, 5) is 1.84. The predicted octanol–water partition coefficient (Wildman–Crippen LogP) is 7.10. The minimum atomic E-state index is 0.916. The van der Waals surface area contributed by atoms with Crippen LogP contribution in [0, 0.1) is 0 Å². The first-order valence-corrected chi connectivity index (χ1v) is 8.88. The van der Waals surface area contributed by atoms with Gasteiger partial charge < -0.3 is 0 Å². The van der Waals surface area contributed by atoms with Crippen molar-refractivity contribution < 1.29 is 0 Å². The van der Waals surface area contributed by atoms with E-state index < -0.39 is 0 Å². The molecule has 2 heteroatoms. The molecule has 0 radical (unpaired) electrons. The number of benzene rings is 1. The molecule has 0 saturated heterocycles. The van der Waals surface area contributed by atoms with E-state index in [9.17, 15) is 0 Å². The third-order valence-electron chi connectivity index (χ3n) is 2.76. The van der Waals surface area contributed by atoms with Crippen LogP contribution in [0.3, 0.4) is 0 Å². The number of hydrogen-bond acceptors (Lipinski definition) is 2. The first-order chi connectivity index (χ1) is 10.8. The van der Waals surface area contributed by atoms with E-state index in [1.165, 1.54) is 0 Å². The molecular weight excluding hydrogens is 304 g/mol. The zero-order chi connectivity index (χ0) is 16.8. The van der Waals surface area contributed by atoms with Crippen molar-refractivity contribution in [2.24, 2.45) is 0 Å². The summed E-state index contributed by atoms with van der Waals surface area (Å²) in [5.74, 6) is 0. The minimum absolute atomic E-state index is 0.916. The van der Waals surface area contributed by atoms with Gasteiger partial charge in [-0.3, -0.25) is 0 Å². The van der Waals surface area contributed by atoms with Crippen molar-refractivity contribution in [1.29, 1.82) is 0 Å². The van der Waals surface area contributed by atoms with Crippen LogP contribution in [-0.4, -0.2) is 0 Å². The molecular formula is C20H28S2. The Morgan fingerprint density at radius 2 is 1.36 bits per heavy atom. The van der Waals surface area contributed by atoms with E-state index >= 15 is 0 Å². The molecule has 0 N–H and O–H groups in total. The molecule has 0 fully saturated rings. The molecule has 0 spiro atoms. The Hall–Kier alpha value is -1.12. The van der Waals surface area contributed by atoms with Crippen molar-refractivity contribution in [3.8, 4) is 0 Å². The Kier molecular flexibility index (Phi) is 12.8. The van der Waals surface area contributed by atoms with Crippen LogP contribution in [-0.2, 0) is 0 Å². The van der Waals surface area contributed by atoms with Gasteiger partial charge in [0.1, 0.15) is 0 Å². The van der Waals surface area contributed by atoms with E-state index in [4.69, 9.17) is 0 Å². The summed E-state index contributed by atoms with van der Waals surface area (Å²) >= 11 is 9.22. The molecule has 0 aliphatic heterocycles. The molecule has 2 rings (SSSR count). The standard InChI is InChI=1S/C16H16S2.2C2H6/c17-15(13-9-5-2-1-3-6-10-13)16(18)14-11-7-4-8-12-14;2*1-2/h1-2,4,6-12,17-18H,3,5H2;2*1-2H3/b2-1-,10-6-,13-9+,16-15-;;. The normalized spacial score (nSPS) is 19.5. The molecule has 22 heavy (non-hydrogen) atoms. The van der Waals surface area contributed by atoms with Gasteiger partial charge in [0.2, 0.25) is 0 Å². The zero-order valence-corrected chi connectivity index (χ0v) is 15.9. The molecule has 120 valence electrons. The first-order valence-electron chi connectivity index (χ1n) is 7.98. The Balaban J connectivity index is 0.00000102. The highest BCUT2D eigenvalue weighted by atomic mass is 32.1. The zero-order valence-electron chi connectivity index (χ0n) is 14.1. The Bertz CT molecular complexity index is 520. The minimum Gasteiger partial charge on any atom is -0.142 e. The van der Waals surface area contributed by atoms with Crippen molar-refractivity contribution in [3.63, 3.8) is 0 Å². The maximum atomic E-state index is 4.62. The van der Waals surface area contributed by atoms with Crippen molar-refractivity contribution in [3.05, 3.63) is 76.8 Å². The Labute approximate surface area is 147 Å². The van der Waals surface area contributed by atoms with Crippen molar-refractivity contribution in [2.45, 2.75) is 40.5 Å². The highest BCUT2D eigenvalue weighted by molar-refractivity contribution is 7.93. The number of allylic oxidation sites excluding steroid dienone is 6. The quantitative estimate of drug-likeness (QED) is 0.419. The third kappa shape index (κ3) is 7.24. The molecule has 0 aromatic heterocycles. The van der Waals surface area contributed by atoms with Crippen molar-refractivity contribution >= 4 is 30.2 Å². The molecule has 0 atom stereocenters. The van der Waals surface area contributed by atoms with Crippen molar-refractivity contribution in [1.82, 2.24) is 0 Å². The Morgan fingerprint density at radius 3 is 2.00 bits per heavy atom. The molecule has 0 unspecified atom stereocenters. The molecule has 0 nitrogen and oxygen atoms in total. The van der Waals surface area contributed by atoms with Gasteiger partial charge in [0.05, 0.1) is 0 Å². The van der Waals surface area contributed by atoms with E-state index in [1.807, 2.05) is 58.0 Å². The van der Waals surface area contributed by atoms with E-state index in [2.05, 4.69) is 55.6 Å². The predicted molar refractivity (Wildman–Crippen MR) is 110 cm³/mol. The van der Waals surface area contributed by atoms with Crippen LogP contribution in [0.1, 0.15) is 46.1 Å². The van der Waals surface area contributed by atoms with E-state index in [0.717, 1.165) is 33.8 Å². The fourth-order valence-corrected chi connectivity index (χ4v) is 2.35. The lowest BCUT2D eigenvalue weighted by atomic mass is 10.1. The summed E-state index contributed by atoms with van der Waals surface area (Å²) in [7, 11) is 0. The highest BCUT2D eigenvalue weighted by Gasteiger charge is 2.05. The van der Waals surface area contributed by atoms with Gasteiger partial charge in [0, 0.05) is 9.81 Å². The third-order valence-corrected chi connectivity index (χ3v) is 3.90. The summed E-state index contributed by atoms with van der Waals surface area (Å²) in [5.41, 5.74) is 2.23. The second kappa shape index (κ2) is 13.5. The summed E-state index contributed by atoms with van der Waals surface area (Å²) < 4.78 is 0. The van der Waals surface area contributed by atoms with Crippen LogP contribution >= 0.6 is 25.3 Å². The second-order valence-corrected chi connectivity index (χ2v) is 4.96. The molecule has 1 aromatic rings. The summed E-state index contributed by atoms with van der Waals surface area (Å²) in [6.45, 7) is 8.00.